The molecule has 2 aromatic rings. The maximum atomic E-state index is 9.06. The normalized spacial score (nSPS) is 17.0. The van der Waals surface area contributed by atoms with Gasteiger partial charge in [-0.15, -0.1) is 0 Å². The van der Waals surface area contributed by atoms with E-state index in [9.17, 15) is 0 Å². The standard InChI is InChI=1S/C18H17Cl2N3/c19-17-4-2-1-3-14(17)12-23(16-7-8-22-11-16)15-6-5-13(10-21)18(20)9-15/h1-6,9,16,22H,7-8,11-12H2/t16-/m0/s1. The second kappa shape index (κ2) is 7.23. The fourth-order valence-electron chi connectivity index (χ4n) is 2.92. The summed E-state index contributed by atoms with van der Waals surface area (Å²) in [6, 6.07) is 16.0. The Morgan fingerprint density at radius 3 is 2.65 bits per heavy atom. The van der Waals surface area contributed by atoms with E-state index in [1.165, 1.54) is 0 Å². The lowest BCUT2D eigenvalue weighted by molar-refractivity contribution is 0.631. The number of hydrogen-bond donors (Lipinski definition) is 1. The number of halogens is 2. The molecule has 1 aliphatic rings. The third-order valence-corrected chi connectivity index (χ3v) is 4.86. The van der Waals surface area contributed by atoms with Gasteiger partial charge in [0.15, 0.2) is 0 Å². The van der Waals surface area contributed by atoms with Crippen LogP contribution in [0.3, 0.4) is 0 Å². The molecule has 0 aliphatic carbocycles. The molecule has 0 aromatic heterocycles. The lowest BCUT2D eigenvalue weighted by Gasteiger charge is -2.31. The van der Waals surface area contributed by atoms with Gasteiger partial charge in [0.25, 0.3) is 0 Å². The minimum absolute atomic E-state index is 0.385. The zero-order valence-corrected chi connectivity index (χ0v) is 14.1. The Labute approximate surface area is 146 Å². The zero-order valence-electron chi connectivity index (χ0n) is 12.6. The predicted molar refractivity (Wildman–Crippen MR) is 95.1 cm³/mol. The van der Waals surface area contributed by atoms with Crippen LogP contribution in [0.15, 0.2) is 42.5 Å². The minimum atomic E-state index is 0.385. The Balaban J connectivity index is 1.94. The summed E-state index contributed by atoms with van der Waals surface area (Å²) < 4.78 is 0. The first-order chi connectivity index (χ1) is 11.2. The molecule has 1 aliphatic heterocycles. The Morgan fingerprint density at radius 1 is 1.17 bits per heavy atom. The first kappa shape index (κ1) is 16.1. The monoisotopic (exact) mass is 345 g/mol. The molecule has 1 heterocycles. The molecule has 0 amide bonds. The Kier molecular flexibility index (Phi) is 5.07. The van der Waals surface area contributed by atoms with Gasteiger partial charge < -0.3 is 10.2 Å². The topological polar surface area (TPSA) is 39.1 Å². The van der Waals surface area contributed by atoms with Crippen LogP contribution in [0.5, 0.6) is 0 Å². The van der Waals surface area contributed by atoms with Crippen LogP contribution in [-0.2, 0) is 6.54 Å². The van der Waals surface area contributed by atoms with Crippen LogP contribution in [0.1, 0.15) is 17.5 Å². The average Bonchev–Trinajstić information content (AvgIpc) is 3.08. The van der Waals surface area contributed by atoms with Crippen molar-refractivity contribution < 1.29 is 0 Å². The van der Waals surface area contributed by atoms with E-state index in [0.29, 0.717) is 23.2 Å². The lowest BCUT2D eigenvalue weighted by Crippen LogP contribution is -2.36. The molecular formula is C18H17Cl2N3. The van der Waals surface area contributed by atoms with E-state index in [4.69, 9.17) is 28.5 Å². The molecule has 0 bridgehead atoms. The number of benzene rings is 2. The summed E-state index contributed by atoms with van der Waals surface area (Å²) in [6.45, 7) is 2.66. The molecule has 5 heteroatoms. The first-order valence-corrected chi connectivity index (χ1v) is 8.35. The van der Waals surface area contributed by atoms with Crippen molar-refractivity contribution in [2.45, 2.75) is 19.0 Å². The largest absolute Gasteiger partial charge is 0.363 e. The third kappa shape index (κ3) is 3.61. The second-order valence-electron chi connectivity index (χ2n) is 5.64. The molecule has 1 atom stereocenters. The molecule has 3 nitrogen and oxygen atoms in total. The Hall–Kier alpha value is -1.73. The smallest absolute Gasteiger partial charge is 0.101 e. The van der Waals surface area contributed by atoms with E-state index in [2.05, 4.69) is 16.3 Å². The summed E-state index contributed by atoms with van der Waals surface area (Å²) in [7, 11) is 0. The van der Waals surface area contributed by atoms with Gasteiger partial charge in [-0.25, -0.2) is 0 Å². The number of rotatable bonds is 4. The van der Waals surface area contributed by atoms with Gasteiger partial charge in [-0.3, -0.25) is 0 Å². The van der Waals surface area contributed by atoms with Crippen molar-refractivity contribution in [3.05, 3.63) is 63.6 Å². The summed E-state index contributed by atoms with van der Waals surface area (Å²) in [4.78, 5) is 2.31. The van der Waals surface area contributed by atoms with Gasteiger partial charge in [0.05, 0.1) is 10.6 Å². The van der Waals surface area contributed by atoms with Gasteiger partial charge >= 0.3 is 0 Å². The summed E-state index contributed by atoms with van der Waals surface area (Å²) in [6.07, 6.45) is 1.07. The molecular weight excluding hydrogens is 329 g/mol. The van der Waals surface area contributed by atoms with E-state index in [0.717, 1.165) is 35.8 Å². The maximum Gasteiger partial charge on any atom is 0.101 e. The van der Waals surface area contributed by atoms with E-state index in [1.54, 1.807) is 6.07 Å². The quantitative estimate of drug-likeness (QED) is 0.900. The van der Waals surface area contributed by atoms with Crippen molar-refractivity contribution >= 4 is 28.9 Å². The van der Waals surface area contributed by atoms with Crippen molar-refractivity contribution in [1.82, 2.24) is 5.32 Å². The highest BCUT2D eigenvalue weighted by molar-refractivity contribution is 6.32. The van der Waals surface area contributed by atoms with Gasteiger partial charge in [0, 0.05) is 29.8 Å². The fraction of sp³-hybridized carbons (Fsp3) is 0.278. The van der Waals surface area contributed by atoms with Crippen LogP contribution < -0.4 is 10.2 Å². The van der Waals surface area contributed by atoms with Gasteiger partial charge in [-0.05, 0) is 42.8 Å². The number of anilines is 1. The Bertz CT molecular complexity index is 733. The fourth-order valence-corrected chi connectivity index (χ4v) is 3.33. The van der Waals surface area contributed by atoms with Crippen LogP contribution in [0.25, 0.3) is 0 Å². The van der Waals surface area contributed by atoms with Gasteiger partial charge in [-0.2, -0.15) is 5.26 Å². The highest BCUT2D eigenvalue weighted by Gasteiger charge is 2.24. The predicted octanol–water partition coefficient (Wildman–Crippen LogP) is 4.23. The van der Waals surface area contributed by atoms with Crippen molar-refractivity contribution in [3.63, 3.8) is 0 Å². The van der Waals surface area contributed by atoms with Gasteiger partial charge in [0.1, 0.15) is 6.07 Å². The SMILES string of the molecule is N#Cc1ccc(N(Cc2ccccc2Cl)[C@H]2CCNC2)cc1Cl. The second-order valence-corrected chi connectivity index (χ2v) is 6.46. The highest BCUT2D eigenvalue weighted by Crippen LogP contribution is 2.29. The van der Waals surface area contributed by atoms with E-state index < -0.39 is 0 Å². The Morgan fingerprint density at radius 2 is 2.00 bits per heavy atom. The molecule has 118 valence electrons. The van der Waals surface area contributed by atoms with Gasteiger partial charge in [0.2, 0.25) is 0 Å². The minimum Gasteiger partial charge on any atom is -0.363 e. The van der Waals surface area contributed by atoms with Gasteiger partial charge in [-0.1, -0.05) is 41.4 Å². The molecule has 3 rings (SSSR count). The van der Waals surface area contributed by atoms with E-state index in [1.807, 2.05) is 36.4 Å². The molecule has 1 saturated heterocycles. The number of hydrogen-bond acceptors (Lipinski definition) is 3. The summed E-state index contributed by atoms with van der Waals surface area (Å²) >= 11 is 12.6. The average molecular weight is 346 g/mol. The first-order valence-electron chi connectivity index (χ1n) is 7.59. The molecule has 0 radical (unpaired) electrons. The van der Waals surface area contributed by atoms with Crippen LogP contribution in [0.4, 0.5) is 5.69 Å². The van der Waals surface area contributed by atoms with E-state index in [-0.39, 0.29) is 0 Å². The number of nitrogens with zero attached hydrogens (tertiary/aromatic N) is 2. The lowest BCUT2D eigenvalue weighted by atomic mass is 10.1. The zero-order chi connectivity index (χ0) is 16.2. The summed E-state index contributed by atoms with van der Waals surface area (Å²) in [5, 5.41) is 13.7. The van der Waals surface area contributed by atoms with Crippen molar-refractivity contribution in [3.8, 4) is 6.07 Å². The highest BCUT2D eigenvalue weighted by atomic mass is 35.5. The van der Waals surface area contributed by atoms with Crippen molar-refractivity contribution in [1.29, 1.82) is 5.26 Å². The third-order valence-electron chi connectivity index (χ3n) is 4.18. The summed E-state index contributed by atoms with van der Waals surface area (Å²) in [5.74, 6) is 0. The van der Waals surface area contributed by atoms with Crippen LogP contribution in [-0.4, -0.2) is 19.1 Å². The molecule has 0 spiro atoms. The molecule has 23 heavy (non-hydrogen) atoms. The molecule has 0 saturated carbocycles. The molecule has 0 unspecified atom stereocenters. The van der Waals surface area contributed by atoms with Crippen LogP contribution in [0.2, 0.25) is 10.0 Å². The maximum absolute atomic E-state index is 9.06. The number of nitrogens with one attached hydrogen (secondary N) is 1. The summed E-state index contributed by atoms with van der Waals surface area (Å²) in [5.41, 5.74) is 2.60. The number of nitriles is 1. The van der Waals surface area contributed by atoms with Crippen LogP contribution in [0, 0.1) is 11.3 Å². The molecule has 1 N–H and O–H groups in total. The molecule has 2 aromatic carbocycles. The van der Waals surface area contributed by atoms with Crippen LogP contribution >= 0.6 is 23.2 Å². The molecule has 1 fully saturated rings. The van der Waals surface area contributed by atoms with Crippen molar-refractivity contribution in [2.75, 3.05) is 18.0 Å². The van der Waals surface area contributed by atoms with Crippen molar-refractivity contribution in [2.24, 2.45) is 0 Å². The van der Waals surface area contributed by atoms with E-state index >= 15 is 0 Å².